The van der Waals surface area contributed by atoms with E-state index in [1.165, 1.54) is 0 Å². The van der Waals surface area contributed by atoms with Gasteiger partial charge in [-0.05, 0) is 39.2 Å². The number of esters is 1. The molecule has 0 bridgehead atoms. The first-order chi connectivity index (χ1) is 16.9. The third kappa shape index (κ3) is 6.54. The molecular formula is C26H39N5O4. The first kappa shape index (κ1) is 26.5. The van der Waals surface area contributed by atoms with Crippen LogP contribution in [0.15, 0.2) is 35.5 Å². The number of carbonyl (C=O) groups excluding carboxylic acids is 3. The number of ether oxygens (including phenoxy) is 1. The maximum absolute atomic E-state index is 13.3. The van der Waals surface area contributed by atoms with Crippen molar-refractivity contribution in [1.29, 1.82) is 0 Å². The van der Waals surface area contributed by atoms with E-state index in [1.807, 2.05) is 49.9 Å². The number of amides is 4. The standard InChI is InChI=1S/C26H39N5O4/c1-5-12-27-25(33)30-14-9-13-29(15-16-30)18-21-22(24(32)35-7-3)23(28-26(34)31(21)6-2)20-11-8-10-19(4)17-20/h8,10-11,17,23H,5-7,9,12-16,18H2,1-4H3,(H,27,33)(H,28,34)/t23-/m1/s1. The van der Waals surface area contributed by atoms with Crippen LogP contribution in [0.3, 0.4) is 0 Å². The van der Waals surface area contributed by atoms with Gasteiger partial charge in [-0.15, -0.1) is 0 Å². The van der Waals surface area contributed by atoms with Crippen molar-refractivity contribution in [3.05, 3.63) is 46.7 Å². The molecule has 1 fully saturated rings. The maximum atomic E-state index is 13.3. The predicted molar refractivity (Wildman–Crippen MR) is 135 cm³/mol. The lowest BCUT2D eigenvalue weighted by Gasteiger charge is -2.38. The Morgan fingerprint density at radius 3 is 2.63 bits per heavy atom. The van der Waals surface area contributed by atoms with Gasteiger partial charge in [0.05, 0.1) is 18.2 Å². The lowest BCUT2D eigenvalue weighted by atomic mass is 9.93. The number of urea groups is 2. The van der Waals surface area contributed by atoms with Gasteiger partial charge in [-0.25, -0.2) is 14.4 Å². The summed E-state index contributed by atoms with van der Waals surface area (Å²) in [6.45, 7) is 12.2. The number of benzene rings is 1. The molecule has 192 valence electrons. The van der Waals surface area contributed by atoms with Gasteiger partial charge in [-0.1, -0.05) is 36.8 Å². The summed E-state index contributed by atoms with van der Waals surface area (Å²) in [4.78, 5) is 44.5. The molecule has 9 nitrogen and oxygen atoms in total. The molecule has 1 saturated heterocycles. The second-order valence-electron chi connectivity index (χ2n) is 8.97. The Morgan fingerprint density at radius 1 is 1.14 bits per heavy atom. The summed E-state index contributed by atoms with van der Waals surface area (Å²) in [5, 5.41) is 5.97. The van der Waals surface area contributed by atoms with E-state index in [4.69, 9.17) is 4.74 Å². The van der Waals surface area contributed by atoms with Gasteiger partial charge in [0.1, 0.15) is 0 Å². The number of nitrogens with one attached hydrogen (secondary N) is 2. The number of rotatable bonds is 8. The fraction of sp³-hybridized carbons (Fsp3) is 0.577. The maximum Gasteiger partial charge on any atom is 0.338 e. The Kier molecular flexibility index (Phi) is 9.54. The van der Waals surface area contributed by atoms with Gasteiger partial charge in [0.15, 0.2) is 0 Å². The highest BCUT2D eigenvalue weighted by Crippen LogP contribution is 2.32. The highest BCUT2D eigenvalue weighted by Gasteiger charge is 2.38. The molecule has 2 aliphatic rings. The molecule has 35 heavy (non-hydrogen) atoms. The Balaban J connectivity index is 1.92. The van der Waals surface area contributed by atoms with Crippen LogP contribution in [-0.2, 0) is 9.53 Å². The van der Waals surface area contributed by atoms with Gasteiger partial charge >= 0.3 is 18.0 Å². The Morgan fingerprint density at radius 2 is 1.94 bits per heavy atom. The van der Waals surface area contributed by atoms with Crippen molar-refractivity contribution in [2.24, 2.45) is 0 Å². The summed E-state index contributed by atoms with van der Waals surface area (Å²) >= 11 is 0. The molecule has 0 saturated carbocycles. The highest BCUT2D eigenvalue weighted by atomic mass is 16.5. The van der Waals surface area contributed by atoms with Gasteiger partial charge in [-0.2, -0.15) is 0 Å². The fourth-order valence-electron chi connectivity index (χ4n) is 4.64. The van der Waals surface area contributed by atoms with E-state index in [0.717, 1.165) is 30.5 Å². The van der Waals surface area contributed by atoms with E-state index in [0.29, 0.717) is 50.5 Å². The quantitative estimate of drug-likeness (QED) is 0.552. The summed E-state index contributed by atoms with van der Waals surface area (Å²) < 4.78 is 5.47. The van der Waals surface area contributed by atoms with Crippen LogP contribution in [0, 0.1) is 6.92 Å². The number of carbonyl (C=O) groups is 3. The van der Waals surface area contributed by atoms with E-state index in [9.17, 15) is 14.4 Å². The number of hydrogen-bond donors (Lipinski definition) is 2. The van der Waals surface area contributed by atoms with Crippen molar-refractivity contribution in [3.63, 3.8) is 0 Å². The van der Waals surface area contributed by atoms with Crippen molar-refractivity contribution in [2.75, 3.05) is 52.4 Å². The summed E-state index contributed by atoms with van der Waals surface area (Å²) in [6, 6.07) is 6.99. The van der Waals surface area contributed by atoms with E-state index in [1.54, 1.807) is 11.8 Å². The molecule has 0 unspecified atom stereocenters. The molecule has 0 aliphatic carbocycles. The SMILES string of the molecule is CCCNC(=O)N1CCCN(CC2=C(C(=O)OCC)[C@@H](c3cccc(C)c3)NC(=O)N2CC)CC1. The zero-order valence-corrected chi connectivity index (χ0v) is 21.4. The molecule has 1 atom stereocenters. The highest BCUT2D eigenvalue weighted by molar-refractivity contribution is 5.95. The average molecular weight is 486 g/mol. The third-order valence-corrected chi connectivity index (χ3v) is 6.40. The monoisotopic (exact) mass is 485 g/mol. The van der Waals surface area contributed by atoms with Crippen LogP contribution in [-0.4, -0.2) is 85.2 Å². The number of nitrogens with zero attached hydrogens (tertiary/aromatic N) is 3. The largest absolute Gasteiger partial charge is 0.463 e. The van der Waals surface area contributed by atoms with Crippen molar-refractivity contribution in [1.82, 2.24) is 25.3 Å². The lowest BCUT2D eigenvalue weighted by Crippen LogP contribution is -2.51. The van der Waals surface area contributed by atoms with Crippen molar-refractivity contribution in [2.45, 2.75) is 46.6 Å². The second kappa shape index (κ2) is 12.6. The molecule has 1 aromatic rings. The zero-order chi connectivity index (χ0) is 25.4. The van der Waals surface area contributed by atoms with Crippen molar-refractivity contribution >= 4 is 18.0 Å². The molecule has 0 spiro atoms. The van der Waals surface area contributed by atoms with Crippen LogP contribution in [0.4, 0.5) is 9.59 Å². The minimum Gasteiger partial charge on any atom is -0.463 e. The van der Waals surface area contributed by atoms with E-state index < -0.39 is 12.0 Å². The van der Waals surface area contributed by atoms with Gasteiger partial charge in [0.2, 0.25) is 0 Å². The minimum atomic E-state index is -0.581. The molecule has 0 aromatic heterocycles. The van der Waals surface area contributed by atoms with Gasteiger partial charge in [0.25, 0.3) is 0 Å². The predicted octanol–water partition coefficient (Wildman–Crippen LogP) is 3.03. The molecule has 9 heteroatoms. The molecule has 1 aromatic carbocycles. The van der Waals surface area contributed by atoms with Crippen LogP contribution in [0.1, 0.15) is 50.8 Å². The Hall–Kier alpha value is -3.07. The fourth-order valence-corrected chi connectivity index (χ4v) is 4.64. The summed E-state index contributed by atoms with van der Waals surface area (Å²) in [5.41, 5.74) is 3.04. The number of aryl methyl sites for hydroxylation is 1. The molecule has 4 amide bonds. The third-order valence-electron chi connectivity index (χ3n) is 6.40. The lowest BCUT2D eigenvalue weighted by molar-refractivity contribution is -0.139. The van der Waals surface area contributed by atoms with Crippen LogP contribution < -0.4 is 10.6 Å². The summed E-state index contributed by atoms with van der Waals surface area (Å²) in [6.07, 6.45) is 1.72. The van der Waals surface area contributed by atoms with E-state index in [2.05, 4.69) is 15.5 Å². The molecule has 2 heterocycles. The topological polar surface area (TPSA) is 94.2 Å². The van der Waals surface area contributed by atoms with Crippen LogP contribution in [0.25, 0.3) is 0 Å². The molecular weight excluding hydrogens is 446 g/mol. The molecule has 0 radical (unpaired) electrons. The van der Waals surface area contributed by atoms with E-state index in [-0.39, 0.29) is 18.7 Å². The second-order valence-corrected chi connectivity index (χ2v) is 8.97. The summed E-state index contributed by atoms with van der Waals surface area (Å²) in [5.74, 6) is -0.414. The number of likely N-dealkylation sites (N-methyl/N-ethyl adjacent to an activating group) is 1. The van der Waals surface area contributed by atoms with Gasteiger partial charge in [-0.3, -0.25) is 9.80 Å². The van der Waals surface area contributed by atoms with Crippen LogP contribution >= 0.6 is 0 Å². The van der Waals surface area contributed by atoms with Crippen molar-refractivity contribution < 1.29 is 19.1 Å². The van der Waals surface area contributed by atoms with Crippen LogP contribution in [0.5, 0.6) is 0 Å². The molecule has 3 rings (SSSR count). The first-order valence-electron chi connectivity index (χ1n) is 12.7. The van der Waals surface area contributed by atoms with Gasteiger partial charge < -0.3 is 20.3 Å². The van der Waals surface area contributed by atoms with Gasteiger partial charge in [0, 0.05) is 51.5 Å². The zero-order valence-electron chi connectivity index (χ0n) is 21.4. The molecule has 2 aliphatic heterocycles. The Labute approximate surface area is 208 Å². The van der Waals surface area contributed by atoms with Crippen LogP contribution in [0.2, 0.25) is 0 Å². The van der Waals surface area contributed by atoms with Crippen molar-refractivity contribution in [3.8, 4) is 0 Å². The number of hydrogen-bond acceptors (Lipinski definition) is 5. The average Bonchev–Trinajstić information content (AvgIpc) is 3.08. The molecule has 2 N–H and O–H groups in total. The van der Waals surface area contributed by atoms with E-state index >= 15 is 0 Å². The minimum absolute atomic E-state index is 0.0353. The first-order valence-corrected chi connectivity index (χ1v) is 12.7. The smallest absolute Gasteiger partial charge is 0.338 e. The normalized spacial score (nSPS) is 19.3. The summed E-state index contributed by atoms with van der Waals surface area (Å²) in [7, 11) is 0. The Bertz CT molecular complexity index is 947.